The molecule has 0 amide bonds. The number of carboxylic acids is 1. The zero-order chi connectivity index (χ0) is 20.1. The fourth-order valence-corrected chi connectivity index (χ4v) is 2.81. The first-order chi connectivity index (χ1) is 13.5. The van der Waals surface area contributed by atoms with Gasteiger partial charge in [0.15, 0.2) is 0 Å². The number of ether oxygens (including phenoxy) is 3. The van der Waals surface area contributed by atoms with Gasteiger partial charge in [0.25, 0.3) is 0 Å². The highest BCUT2D eigenvalue weighted by Gasteiger charge is 2.11. The van der Waals surface area contributed by atoms with Gasteiger partial charge in [-0.05, 0) is 41.5 Å². The predicted molar refractivity (Wildman–Crippen MR) is 104 cm³/mol. The molecule has 2 N–H and O–H groups in total. The van der Waals surface area contributed by atoms with Crippen LogP contribution in [-0.4, -0.2) is 30.4 Å². The van der Waals surface area contributed by atoms with Gasteiger partial charge in [0.05, 0.1) is 14.2 Å². The molecular formula is C22H20O6. The Morgan fingerprint density at radius 3 is 2.39 bits per heavy atom. The number of hydrogen-bond donors (Lipinski definition) is 2. The monoisotopic (exact) mass is 380 g/mol. The number of methoxy groups -OCH3 is 2. The SMILES string of the molecule is COc1ccc(-c2cccc(COc3ccc(C(=O)O)c(O)c3)c2)c(OC)c1. The Labute approximate surface area is 162 Å². The number of carboxylic acid groups (broad SMARTS) is 1. The minimum atomic E-state index is -1.19. The second kappa shape index (κ2) is 8.35. The number of carbonyl (C=O) groups is 1. The van der Waals surface area contributed by atoms with Crippen molar-refractivity contribution in [2.45, 2.75) is 6.61 Å². The lowest BCUT2D eigenvalue weighted by molar-refractivity contribution is 0.0693. The molecular weight excluding hydrogens is 360 g/mol. The summed E-state index contributed by atoms with van der Waals surface area (Å²) in [5.41, 5.74) is 2.64. The number of phenols is 1. The van der Waals surface area contributed by atoms with Crippen molar-refractivity contribution in [3.05, 3.63) is 71.8 Å². The predicted octanol–water partition coefficient (Wildman–Crippen LogP) is 4.35. The highest BCUT2D eigenvalue weighted by atomic mass is 16.5. The molecule has 0 atom stereocenters. The van der Waals surface area contributed by atoms with Crippen LogP contribution < -0.4 is 14.2 Å². The van der Waals surface area contributed by atoms with Crippen molar-refractivity contribution >= 4 is 5.97 Å². The van der Waals surface area contributed by atoms with E-state index in [1.54, 1.807) is 14.2 Å². The Morgan fingerprint density at radius 1 is 0.929 bits per heavy atom. The molecule has 6 heteroatoms. The summed E-state index contributed by atoms with van der Waals surface area (Å²) in [6.45, 7) is 0.262. The number of aromatic carboxylic acids is 1. The van der Waals surface area contributed by atoms with Crippen LogP contribution in [0.4, 0.5) is 0 Å². The van der Waals surface area contributed by atoms with E-state index in [2.05, 4.69) is 0 Å². The standard InChI is InChI=1S/C22H20O6/c1-26-16-6-8-18(21(12-16)27-2)15-5-3-4-14(10-15)13-28-17-7-9-19(22(24)25)20(23)11-17/h3-12,23H,13H2,1-2H3,(H,24,25). The molecule has 28 heavy (non-hydrogen) atoms. The highest BCUT2D eigenvalue weighted by molar-refractivity contribution is 5.90. The quantitative estimate of drug-likeness (QED) is 0.634. The van der Waals surface area contributed by atoms with Crippen LogP contribution in [0, 0.1) is 0 Å². The normalized spacial score (nSPS) is 10.4. The van der Waals surface area contributed by atoms with Gasteiger partial charge in [0.1, 0.15) is 35.2 Å². The molecule has 0 unspecified atom stereocenters. The van der Waals surface area contributed by atoms with E-state index in [0.717, 1.165) is 16.7 Å². The smallest absolute Gasteiger partial charge is 0.339 e. The molecule has 3 aromatic carbocycles. The van der Waals surface area contributed by atoms with Crippen molar-refractivity contribution in [2.24, 2.45) is 0 Å². The van der Waals surface area contributed by atoms with Gasteiger partial charge in [-0.2, -0.15) is 0 Å². The van der Waals surface area contributed by atoms with Crippen molar-refractivity contribution in [3.63, 3.8) is 0 Å². The first kappa shape index (κ1) is 19.1. The molecule has 0 bridgehead atoms. The molecule has 0 spiro atoms. The van der Waals surface area contributed by atoms with Gasteiger partial charge in [-0.15, -0.1) is 0 Å². The highest BCUT2D eigenvalue weighted by Crippen LogP contribution is 2.34. The van der Waals surface area contributed by atoms with Crippen LogP contribution in [0.25, 0.3) is 11.1 Å². The first-order valence-electron chi connectivity index (χ1n) is 8.52. The van der Waals surface area contributed by atoms with E-state index in [-0.39, 0.29) is 17.9 Å². The molecule has 3 aromatic rings. The van der Waals surface area contributed by atoms with Gasteiger partial charge in [-0.25, -0.2) is 4.79 Å². The molecule has 0 radical (unpaired) electrons. The average molecular weight is 380 g/mol. The van der Waals surface area contributed by atoms with Gasteiger partial charge in [-0.3, -0.25) is 0 Å². The van der Waals surface area contributed by atoms with Crippen LogP contribution in [0.2, 0.25) is 0 Å². The van der Waals surface area contributed by atoms with Crippen LogP contribution >= 0.6 is 0 Å². The van der Waals surface area contributed by atoms with Crippen LogP contribution in [0.3, 0.4) is 0 Å². The Bertz CT molecular complexity index is 996. The first-order valence-corrected chi connectivity index (χ1v) is 8.52. The fourth-order valence-electron chi connectivity index (χ4n) is 2.81. The van der Waals surface area contributed by atoms with E-state index in [4.69, 9.17) is 19.3 Å². The maximum atomic E-state index is 11.0. The summed E-state index contributed by atoms with van der Waals surface area (Å²) in [6.07, 6.45) is 0. The van der Waals surface area contributed by atoms with Crippen LogP contribution in [0.5, 0.6) is 23.0 Å². The zero-order valence-corrected chi connectivity index (χ0v) is 15.5. The van der Waals surface area contributed by atoms with Gasteiger partial charge in [0, 0.05) is 17.7 Å². The molecule has 0 aliphatic carbocycles. The number of rotatable bonds is 7. The minimum absolute atomic E-state index is 0.166. The fraction of sp³-hybridized carbons (Fsp3) is 0.136. The van der Waals surface area contributed by atoms with Gasteiger partial charge < -0.3 is 24.4 Å². The lowest BCUT2D eigenvalue weighted by atomic mass is 10.0. The summed E-state index contributed by atoms with van der Waals surface area (Å²) in [7, 11) is 3.21. The summed E-state index contributed by atoms with van der Waals surface area (Å²) >= 11 is 0. The Morgan fingerprint density at radius 2 is 1.71 bits per heavy atom. The molecule has 0 aliphatic rings. The number of aromatic hydroxyl groups is 1. The summed E-state index contributed by atoms with van der Waals surface area (Å²) in [5.74, 6) is 0.276. The molecule has 144 valence electrons. The molecule has 0 saturated carbocycles. The largest absolute Gasteiger partial charge is 0.507 e. The van der Waals surface area contributed by atoms with E-state index < -0.39 is 5.97 Å². The van der Waals surface area contributed by atoms with Crippen molar-refractivity contribution in [2.75, 3.05) is 14.2 Å². The molecule has 0 saturated heterocycles. The van der Waals surface area contributed by atoms with Gasteiger partial charge in [0.2, 0.25) is 0 Å². The number of benzene rings is 3. The third-order valence-electron chi connectivity index (χ3n) is 4.25. The van der Waals surface area contributed by atoms with E-state index in [1.807, 2.05) is 42.5 Å². The van der Waals surface area contributed by atoms with Crippen LogP contribution in [0.1, 0.15) is 15.9 Å². The third kappa shape index (κ3) is 4.17. The van der Waals surface area contributed by atoms with Gasteiger partial charge >= 0.3 is 5.97 Å². The van der Waals surface area contributed by atoms with Crippen molar-refractivity contribution in [3.8, 4) is 34.1 Å². The van der Waals surface area contributed by atoms with Gasteiger partial charge in [-0.1, -0.05) is 18.2 Å². The summed E-state index contributed by atoms with van der Waals surface area (Å²) in [4.78, 5) is 11.0. The third-order valence-corrected chi connectivity index (χ3v) is 4.25. The van der Waals surface area contributed by atoms with E-state index in [1.165, 1.54) is 18.2 Å². The summed E-state index contributed by atoms with van der Waals surface area (Å²) in [6, 6.07) is 17.5. The average Bonchev–Trinajstić information content (AvgIpc) is 2.71. The number of hydrogen-bond acceptors (Lipinski definition) is 5. The maximum absolute atomic E-state index is 11.0. The zero-order valence-electron chi connectivity index (χ0n) is 15.5. The van der Waals surface area contributed by atoms with Crippen molar-refractivity contribution in [1.29, 1.82) is 0 Å². The Kier molecular flexibility index (Phi) is 5.69. The topological polar surface area (TPSA) is 85.2 Å². The summed E-state index contributed by atoms with van der Waals surface area (Å²) < 4.78 is 16.4. The van der Waals surface area contributed by atoms with Crippen molar-refractivity contribution in [1.82, 2.24) is 0 Å². The molecule has 0 aromatic heterocycles. The van der Waals surface area contributed by atoms with Crippen LogP contribution in [0.15, 0.2) is 60.7 Å². The summed E-state index contributed by atoms with van der Waals surface area (Å²) in [5, 5.41) is 18.7. The maximum Gasteiger partial charge on any atom is 0.339 e. The molecule has 0 heterocycles. The molecule has 0 aliphatic heterocycles. The Balaban J connectivity index is 1.79. The van der Waals surface area contributed by atoms with E-state index >= 15 is 0 Å². The minimum Gasteiger partial charge on any atom is -0.507 e. The second-order valence-corrected chi connectivity index (χ2v) is 6.04. The lowest BCUT2D eigenvalue weighted by Crippen LogP contribution is -1.99. The lowest BCUT2D eigenvalue weighted by Gasteiger charge is -2.12. The van der Waals surface area contributed by atoms with Crippen molar-refractivity contribution < 1.29 is 29.2 Å². The van der Waals surface area contributed by atoms with E-state index in [0.29, 0.717) is 17.2 Å². The molecule has 0 fully saturated rings. The Hall–Kier alpha value is -3.67. The van der Waals surface area contributed by atoms with E-state index in [9.17, 15) is 9.90 Å². The van der Waals surface area contributed by atoms with Crippen LogP contribution in [-0.2, 0) is 6.61 Å². The molecule has 3 rings (SSSR count). The second-order valence-electron chi connectivity index (χ2n) is 6.04. The molecule has 6 nitrogen and oxygen atoms in total.